The van der Waals surface area contributed by atoms with E-state index >= 15 is 0 Å². The minimum absolute atomic E-state index is 0.00520. The third-order valence-corrected chi connectivity index (χ3v) is 5.82. The zero-order valence-electron chi connectivity index (χ0n) is 16.5. The molecule has 1 aromatic heterocycles. The number of rotatable bonds is 8. The second kappa shape index (κ2) is 9.06. The van der Waals surface area contributed by atoms with Gasteiger partial charge in [-0.2, -0.15) is 0 Å². The van der Waals surface area contributed by atoms with Crippen molar-refractivity contribution in [3.63, 3.8) is 0 Å². The van der Waals surface area contributed by atoms with Gasteiger partial charge in [-0.05, 0) is 50.2 Å². The van der Waals surface area contributed by atoms with E-state index in [1.807, 2.05) is 6.92 Å². The monoisotopic (exact) mass is 427 g/mol. The summed E-state index contributed by atoms with van der Waals surface area (Å²) in [5.41, 5.74) is 1.61. The van der Waals surface area contributed by atoms with Gasteiger partial charge >= 0.3 is 5.97 Å². The van der Waals surface area contributed by atoms with Crippen molar-refractivity contribution in [1.82, 2.24) is 4.72 Å². The molecule has 1 N–H and O–H groups in total. The molecule has 0 aliphatic rings. The summed E-state index contributed by atoms with van der Waals surface area (Å²) in [5, 5.41) is 0. The molecule has 156 valence electrons. The minimum Gasteiger partial charge on any atom is -0.468 e. The van der Waals surface area contributed by atoms with E-state index in [9.17, 15) is 18.0 Å². The van der Waals surface area contributed by atoms with Crippen molar-refractivity contribution in [2.24, 2.45) is 0 Å². The molecule has 0 aliphatic carbocycles. The molecule has 1 atom stereocenters. The molecular formula is C22H21NO6S. The number of benzene rings is 2. The number of carbonyl (C=O) groups is 2. The summed E-state index contributed by atoms with van der Waals surface area (Å²) in [4.78, 5) is 24.7. The van der Waals surface area contributed by atoms with Gasteiger partial charge in [-0.25, -0.2) is 17.9 Å². The van der Waals surface area contributed by atoms with E-state index in [2.05, 4.69) is 4.72 Å². The summed E-state index contributed by atoms with van der Waals surface area (Å²) in [6.45, 7) is 3.42. The van der Waals surface area contributed by atoms with Gasteiger partial charge in [0.15, 0.2) is 6.10 Å². The van der Waals surface area contributed by atoms with Gasteiger partial charge in [0.1, 0.15) is 5.76 Å². The van der Waals surface area contributed by atoms with Crippen LogP contribution in [0.3, 0.4) is 0 Å². The van der Waals surface area contributed by atoms with Crippen LogP contribution in [0.4, 0.5) is 0 Å². The largest absolute Gasteiger partial charge is 0.468 e. The molecule has 3 rings (SSSR count). The van der Waals surface area contributed by atoms with Gasteiger partial charge in [0.25, 0.3) is 0 Å². The SMILES string of the molecule is Cc1ccc(C(=O)[C@H](C)OC(=O)c2ccc(S(=O)(=O)NCc3ccco3)cc2)cc1. The molecule has 0 radical (unpaired) electrons. The first kappa shape index (κ1) is 21.5. The fourth-order valence-electron chi connectivity index (χ4n) is 2.67. The summed E-state index contributed by atoms with van der Waals surface area (Å²) in [6.07, 6.45) is 0.479. The number of nitrogens with one attached hydrogen (secondary N) is 1. The van der Waals surface area contributed by atoms with Crippen LogP contribution in [-0.2, 0) is 21.3 Å². The Bertz CT molecular complexity index is 1120. The molecule has 7 nitrogen and oxygen atoms in total. The van der Waals surface area contributed by atoms with Crippen molar-refractivity contribution in [3.05, 3.63) is 89.4 Å². The van der Waals surface area contributed by atoms with Gasteiger partial charge in [0.2, 0.25) is 15.8 Å². The number of carbonyl (C=O) groups excluding carboxylic acids is 2. The van der Waals surface area contributed by atoms with E-state index in [1.54, 1.807) is 36.4 Å². The average molecular weight is 427 g/mol. The highest BCUT2D eigenvalue weighted by Gasteiger charge is 2.21. The van der Waals surface area contributed by atoms with Crippen molar-refractivity contribution < 1.29 is 27.2 Å². The highest BCUT2D eigenvalue weighted by Crippen LogP contribution is 2.14. The predicted molar refractivity (Wildman–Crippen MR) is 110 cm³/mol. The molecule has 3 aromatic rings. The number of hydrogen-bond donors (Lipinski definition) is 1. The first-order chi connectivity index (χ1) is 14.3. The Labute approximate surface area is 174 Å². The number of furan rings is 1. The normalized spacial score (nSPS) is 12.3. The lowest BCUT2D eigenvalue weighted by Gasteiger charge is -2.13. The first-order valence-corrected chi connectivity index (χ1v) is 10.7. The first-order valence-electron chi connectivity index (χ1n) is 9.20. The van der Waals surface area contributed by atoms with Gasteiger partial charge in [-0.1, -0.05) is 29.8 Å². The number of hydrogen-bond acceptors (Lipinski definition) is 6. The number of esters is 1. The van der Waals surface area contributed by atoms with E-state index in [1.165, 1.54) is 37.5 Å². The van der Waals surface area contributed by atoms with Crippen LogP contribution in [0.25, 0.3) is 0 Å². The maximum atomic E-state index is 12.4. The molecule has 1 heterocycles. The maximum absolute atomic E-state index is 12.4. The summed E-state index contributed by atoms with van der Waals surface area (Å²) in [7, 11) is -3.77. The molecule has 0 fully saturated rings. The van der Waals surface area contributed by atoms with Crippen molar-refractivity contribution in [2.75, 3.05) is 0 Å². The molecule has 30 heavy (non-hydrogen) atoms. The van der Waals surface area contributed by atoms with E-state index < -0.39 is 22.1 Å². The second-order valence-corrected chi connectivity index (χ2v) is 8.47. The van der Waals surface area contributed by atoms with E-state index in [0.29, 0.717) is 11.3 Å². The van der Waals surface area contributed by atoms with Gasteiger partial charge in [-0.15, -0.1) is 0 Å². The van der Waals surface area contributed by atoms with E-state index in [-0.39, 0.29) is 22.8 Å². The lowest BCUT2D eigenvalue weighted by Crippen LogP contribution is -2.25. The Morgan fingerprint density at radius 3 is 2.23 bits per heavy atom. The third-order valence-electron chi connectivity index (χ3n) is 4.41. The zero-order valence-corrected chi connectivity index (χ0v) is 17.3. The van der Waals surface area contributed by atoms with Gasteiger partial charge in [0.05, 0.1) is 23.3 Å². The smallest absolute Gasteiger partial charge is 0.338 e. The fourth-order valence-corrected chi connectivity index (χ4v) is 3.66. The molecule has 0 unspecified atom stereocenters. The molecule has 0 aliphatic heterocycles. The number of Topliss-reactive ketones (excluding diaryl/α,β-unsaturated/α-hetero) is 1. The van der Waals surface area contributed by atoms with Crippen molar-refractivity contribution in [3.8, 4) is 0 Å². The molecular weight excluding hydrogens is 406 g/mol. The van der Waals surface area contributed by atoms with Crippen LogP contribution < -0.4 is 4.72 Å². The zero-order chi connectivity index (χ0) is 21.7. The molecule has 0 saturated heterocycles. The highest BCUT2D eigenvalue weighted by atomic mass is 32.2. The number of ketones is 1. The van der Waals surface area contributed by atoms with Crippen LogP contribution in [0, 0.1) is 6.92 Å². The predicted octanol–water partition coefficient (Wildman–Crippen LogP) is 3.49. The van der Waals surface area contributed by atoms with Gasteiger partial charge in [-0.3, -0.25) is 4.79 Å². The number of aryl methyl sites for hydroxylation is 1. The van der Waals surface area contributed by atoms with Crippen LogP contribution in [0.2, 0.25) is 0 Å². The molecule has 0 amide bonds. The molecule has 0 saturated carbocycles. The topological polar surface area (TPSA) is 103 Å². The molecule has 8 heteroatoms. The van der Waals surface area contributed by atoms with E-state index in [0.717, 1.165) is 5.56 Å². The van der Waals surface area contributed by atoms with E-state index in [4.69, 9.17) is 9.15 Å². The van der Waals surface area contributed by atoms with Crippen LogP contribution in [0.5, 0.6) is 0 Å². The lowest BCUT2D eigenvalue weighted by molar-refractivity contribution is 0.0318. The Morgan fingerprint density at radius 2 is 1.63 bits per heavy atom. The average Bonchev–Trinajstić information content (AvgIpc) is 3.26. The summed E-state index contributed by atoms with van der Waals surface area (Å²) in [6, 6.07) is 15.6. The summed E-state index contributed by atoms with van der Waals surface area (Å²) in [5.74, 6) is -0.550. The van der Waals surface area contributed by atoms with Gasteiger partial charge in [0, 0.05) is 5.56 Å². The third kappa shape index (κ3) is 5.22. The standard InChI is InChI=1S/C22H21NO6S/c1-15-5-7-17(8-6-15)21(24)16(2)29-22(25)18-9-11-20(12-10-18)30(26,27)23-14-19-4-3-13-28-19/h3-13,16,23H,14H2,1-2H3/t16-/m0/s1. The van der Waals surface area contributed by atoms with Crippen LogP contribution in [0.1, 0.15) is 39.0 Å². The summed E-state index contributed by atoms with van der Waals surface area (Å²) >= 11 is 0. The Morgan fingerprint density at radius 1 is 1.00 bits per heavy atom. The van der Waals surface area contributed by atoms with Crippen LogP contribution in [0.15, 0.2) is 76.2 Å². The second-order valence-electron chi connectivity index (χ2n) is 6.71. The Balaban J connectivity index is 1.62. The quantitative estimate of drug-likeness (QED) is 0.436. The van der Waals surface area contributed by atoms with Crippen molar-refractivity contribution in [2.45, 2.75) is 31.4 Å². The maximum Gasteiger partial charge on any atom is 0.338 e. The Kier molecular flexibility index (Phi) is 6.49. The van der Waals surface area contributed by atoms with Crippen molar-refractivity contribution in [1.29, 1.82) is 0 Å². The van der Waals surface area contributed by atoms with Crippen molar-refractivity contribution >= 4 is 21.8 Å². The minimum atomic E-state index is -3.77. The molecule has 0 spiro atoms. The number of ether oxygens (including phenoxy) is 1. The fraction of sp³-hybridized carbons (Fsp3) is 0.182. The van der Waals surface area contributed by atoms with Gasteiger partial charge < -0.3 is 9.15 Å². The molecule has 0 bridgehead atoms. The van der Waals surface area contributed by atoms with Crippen LogP contribution in [-0.4, -0.2) is 26.3 Å². The lowest BCUT2D eigenvalue weighted by atomic mass is 10.1. The van der Waals surface area contributed by atoms with Crippen LogP contribution >= 0.6 is 0 Å². The molecule has 2 aromatic carbocycles. The highest BCUT2D eigenvalue weighted by molar-refractivity contribution is 7.89. The number of sulfonamides is 1. The Hall–Kier alpha value is -3.23. The summed E-state index contributed by atoms with van der Waals surface area (Å²) < 4.78 is 37.4.